The molecule has 64 heavy (non-hydrogen) atoms. The second-order valence-corrected chi connectivity index (χ2v) is 20.5. The van der Waals surface area contributed by atoms with Crippen molar-refractivity contribution >= 4 is 94.4 Å². The minimum Gasteiger partial charge on any atom is -0.456 e. The summed E-state index contributed by atoms with van der Waals surface area (Å²) in [5, 5.41) is 12.4. The van der Waals surface area contributed by atoms with Gasteiger partial charge in [0.1, 0.15) is 11.2 Å². The SMILES string of the molecule is c1ccc(-c2ccccc2-n2c3ccccc3c3cc(-n4c5ccccc5c5c([Si](c6ccccc6)(c6ccccc6)c6cccc7c6oc6ccccc67)cccc54)ccc32)cc1. The average Bonchev–Trinajstić information content (AvgIpc) is 4.03. The molecule has 13 aromatic rings. The Morgan fingerprint density at radius 1 is 0.344 bits per heavy atom. The van der Waals surface area contributed by atoms with Crippen molar-refractivity contribution in [3.05, 3.63) is 243 Å². The van der Waals surface area contributed by atoms with Gasteiger partial charge >= 0.3 is 0 Å². The Kier molecular flexibility index (Phi) is 8.23. The molecule has 0 amide bonds. The molecule has 0 fully saturated rings. The van der Waals surface area contributed by atoms with Crippen LogP contribution in [0.2, 0.25) is 0 Å². The first-order chi connectivity index (χ1) is 31.8. The zero-order chi connectivity index (χ0) is 42.2. The number of aromatic nitrogens is 2. The summed E-state index contributed by atoms with van der Waals surface area (Å²) < 4.78 is 11.9. The van der Waals surface area contributed by atoms with E-state index in [-0.39, 0.29) is 0 Å². The monoisotopic (exact) mass is 832 g/mol. The van der Waals surface area contributed by atoms with Gasteiger partial charge in [-0.05, 0) is 74.8 Å². The first-order valence-electron chi connectivity index (χ1n) is 22.0. The molecule has 300 valence electrons. The molecule has 0 saturated heterocycles. The number of rotatable bonds is 7. The van der Waals surface area contributed by atoms with E-state index in [9.17, 15) is 0 Å². The van der Waals surface area contributed by atoms with Crippen molar-refractivity contribution in [1.29, 1.82) is 0 Å². The second-order valence-electron chi connectivity index (χ2n) is 16.8. The summed E-state index contributed by atoms with van der Waals surface area (Å²) in [6, 6.07) is 89.1. The first kappa shape index (κ1) is 36.5. The third-order valence-corrected chi connectivity index (χ3v) is 18.3. The Morgan fingerprint density at radius 2 is 0.891 bits per heavy atom. The molecule has 0 radical (unpaired) electrons. The van der Waals surface area contributed by atoms with Gasteiger partial charge in [-0.2, -0.15) is 0 Å². The lowest BCUT2D eigenvalue weighted by atomic mass is 10.0. The van der Waals surface area contributed by atoms with E-state index < -0.39 is 8.07 Å². The highest BCUT2D eigenvalue weighted by molar-refractivity contribution is 7.21. The summed E-state index contributed by atoms with van der Waals surface area (Å²) in [6.45, 7) is 0. The second kappa shape index (κ2) is 14.5. The average molecular weight is 833 g/mol. The summed E-state index contributed by atoms with van der Waals surface area (Å²) in [5.41, 5.74) is 11.3. The third kappa shape index (κ3) is 5.27. The molecular weight excluding hydrogens is 793 g/mol. The molecule has 4 heteroatoms. The summed E-state index contributed by atoms with van der Waals surface area (Å²) in [7, 11) is -3.15. The highest BCUT2D eigenvalue weighted by Crippen LogP contribution is 2.39. The summed E-state index contributed by atoms with van der Waals surface area (Å²) >= 11 is 0. The van der Waals surface area contributed by atoms with Crippen LogP contribution in [0.5, 0.6) is 0 Å². The Morgan fingerprint density at radius 3 is 1.66 bits per heavy atom. The van der Waals surface area contributed by atoms with E-state index in [0.29, 0.717) is 0 Å². The zero-order valence-corrected chi connectivity index (χ0v) is 35.9. The van der Waals surface area contributed by atoms with E-state index >= 15 is 0 Å². The maximum absolute atomic E-state index is 7.00. The van der Waals surface area contributed by atoms with E-state index in [1.807, 2.05) is 0 Å². The lowest BCUT2D eigenvalue weighted by Crippen LogP contribution is -2.75. The highest BCUT2D eigenvalue weighted by Gasteiger charge is 2.45. The zero-order valence-electron chi connectivity index (χ0n) is 34.9. The van der Waals surface area contributed by atoms with Crippen LogP contribution in [0.4, 0.5) is 0 Å². The number of nitrogens with zero attached hydrogens (tertiary/aromatic N) is 2. The number of fused-ring (bicyclic) bond motifs is 9. The summed E-state index contributed by atoms with van der Waals surface area (Å²) in [5.74, 6) is 0. The number of hydrogen-bond acceptors (Lipinski definition) is 1. The van der Waals surface area contributed by atoms with Crippen molar-refractivity contribution in [2.45, 2.75) is 0 Å². The van der Waals surface area contributed by atoms with E-state index in [0.717, 1.165) is 33.3 Å². The van der Waals surface area contributed by atoms with Gasteiger partial charge in [0.2, 0.25) is 0 Å². The van der Waals surface area contributed by atoms with Crippen LogP contribution in [-0.4, -0.2) is 17.2 Å². The van der Waals surface area contributed by atoms with E-state index in [1.54, 1.807) is 0 Å². The lowest BCUT2D eigenvalue weighted by Gasteiger charge is -2.35. The fourth-order valence-corrected chi connectivity index (χ4v) is 16.0. The molecule has 0 spiro atoms. The Bertz CT molecular complexity index is 3860. The van der Waals surface area contributed by atoms with Gasteiger partial charge in [-0.15, -0.1) is 0 Å². The lowest BCUT2D eigenvalue weighted by molar-refractivity contribution is 0.671. The molecule has 0 bridgehead atoms. The van der Waals surface area contributed by atoms with Crippen molar-refractivity contribution in [2.75, 3.05) is 0 Å². The molecule has 0 aliphatic carbocycles. The molecule has 0 saturated carbocycles. The van der Waals surface area contributed by atoms with Crippen molar-refractivity contribution in [3.63, 3.8) is 0 Å². The first-order valence-corrected chi connectivity index (χ1v) is 24.0. The van der Waals surface area contributed by atoms with Crippen LogP contribution in [0, 0.1) is 0 Å². The molecule has 10 aromatic carbocycles. The van der Waals surface area contributed by atoms with Gasteiger partial charge < -0.3 is 13.6 Å². The van der Waals surface area contributed by atoms with E-state index in [2.05, 4.69) is 252 Å². The molecular formula is C60H40N2OSi. The van der Waals surface area contributed by atoms with Gasteiger partial charge in [-0.3, -0.25) is 0 Å². The number of para-hydroxylation sites is 5. The maximum atomic E-state index is 7.00. The fourth-order valence-electron chi connectivity index (χ4n) is 10.9. The quantitative estimate of drug-likeness (QED) is 0.116. The molecule has 3 aromatic heterocycles. The molecule has 13 rings (SSSR count). The van der Waals surface area contributed by atoms with Crippen LogP contribution in [0.3, 0.4) is 0 Å². The van der Waals surface area contributed by atoms with Crippen molar-refractivity contribution in [2.24, 2.45) is 0 Å². The van der Waals surface area contributed by atoms with Crippen molar-refractivity contribution in [1.82, 2.24) is 9.13 Å². The Hall–Kier alpha value is -8.18. The summed E-state index contributed by atoms with van der Waals surface area (Å²) in [4.78, 5) is 0. The standard InChI is InChI=1S/C60H40N2OSi/c1-4-20-41(21-5-1)45-26-10-14-31-51(45)62-52-32-15-11-27-46(52)50-40-42(38-39-54(50)62)61-53-33-16-12-29-49(53)59-55(61)34-19-36-57(59)64(43-22-6-2-7-23-43,44-24-8-3-9-25-44)58-37-18-30-48-47-28-13-17-35-56(47)63-60(48)58/h1-40H. The Labute approximate surface area is 371 Å². The minimum atomic E-state index is -3.15. The topological polar surface area (TPSA) is 23.0 Å². The van der Waals surface area contributed by atoms with Crippen LogP contribution in [0.25, 0.3) is 88.1 Å². The molecule has 0 unspecified atom stereocenters. The minimum absolute atomic E-state index is 0.907. The fraction of sp³-hybridized carbons (Fsp3) is 0. The number of benzene rings is 10. The van der Waals surface area contributed by atoms with Crippen LogP contribution >= 0.6 is 0 Å². The van der Waals surface area contributed by atoms with E-state index in [4.69, 9.17) is 4.42 Å². The van der Waals surface area contributed by atoms with Gasteiger partial charge in [-0.1, -0.05) is 194 Å². The van der Waals surface area contributed by atoms with Crippen LogP contribution < -0.4 is 20.7 Å². The van der Waals surface area contributed by atoms with Gasteiger partial charge in [0.15, 0.2) is 8.07 Å². The van der Waals surface area contributed by atoms with Gasteiger partial charge in [0, 0.05) is 43.6 Å². The predicted octanol–water partition coefficient (Wildman–Crippen LogP) is 12.8. The van der Waals surface area contributed by atoms with Gasteiger partial charge in [0.05, 0.1) is 27.8 Å². The third-order valence-electron chi connectivity index (χ3n) is 13.5. The smallest absolute Gasteiger partial charge is 0.184 e. The maximum Gasteiger partial charge on any atom is 0.184 e. The molecule has 0 N–H and O–H groups in total. The normalized spacial score (nSPS) is 12.1. The predicted molar refractivity (Wildman–Crippen MR) is 271 cm³/mol. The molecule has 0 aliphatic heterocycles. The van der Waals surface area contributed by atoms with Gasteiger partial charge in [-0.25, -0.2) is 0 Å². The van der Waals surface area contributed by atoms with Crippen LogP contribution in [-0.2, 0) is 0 Å². The van der Waals surface area contributed by atoms with Crippen molar-refractivity contribution < 1.29 is 4.42 Å². The summed E-state index contributed by atoms with van der Waals surface area (Å²) in [6.07, 6.45) is 0. The van der Waals surface area contributed by atoms with Crippen molar-refractivity contribution in [3.8, 4) is 22.5 Å². The number of hydrogen-bond donors (Lipinski definition) is 0. The van der Waals surface area contributed by atoms with E-state index in [1.165, 1.54) is 75.5 Å². The molecule has 3 nitrogen and oxygen atoms in total. The number of furan rings is 1. The van der Waals surface area contributed by atoms with Crippen LogP contribution in [0.15, 0.2) is 247 Å². The van der Waals surface area contributed by atoms with Gasteiger partial charge in [0.25, 0.3) is 0 Å². The molecule has 0 atom stereocenters. The highest BCUT2D eigenvalue weighted by atomic mass is 28.3. The largest absolute Gasteiger partial charge is 0.456 e. The molecule has 0 aliphatic rings. The Balaban J connectivity index is 1.12. The van der Waals surface area contributed by atoms with Crippen LogP contribution in [0.1, 0.15) is 0 Å². The molecule has 3 heterocycles.